The van der Waals surface area contributed by atoms with Crippen molar-refractivity contribution in [2.24, 2.45) is 0 Å². The molecule has 3 heterocycles. The van der Waals surface area contributed by atoms with E-state index in [2.05, 4.69) is 59.4 Å². The van der Waals surface area contributed by atoms with Gasteiger partial charge in [-0.15, -0.1) is 0 Å². The number of aryl methyl sites for hydroxylation is 1. The third kappa shape index (κ3) is 3.44. The van der Waals surface area contributed by atoms with Gasteiger partial charge in [0.1, 0.15) is 12.2 Å². The van der Waals surface area contributed by atoms with E-state index in [9.17, 15) is 14.7 Å². The first-order valence-electron chi connectivity index (χ1n) is 10.7. The topological polar surface area (TPSA) is 86.6 Å². The first kappa shape index (κ1) is 20.3. The molecule has 0 bridgehead atoms. The van der Waals surface area contributed by atoms with Gasteiger partial charge in [-0.3, -0.25) is 14.6 Å². The van der Waals surface area contributed by atoms with E-state index in [1.165, 1.54) is 29.1 Å². The minimum atomic E-state index is -0.299. The van der Waals surface area contributed by atoms with Gasteiger partial charge in [0.15, 0.2) is 0 Å². The van der Waals surface area contributed by atoms with Gasteiger partial charge in [-0.25, -0.2) is 4.98 Å². The van der Waals surface area contributed by atoms with Crippen molar-refractivity contribution in [1.82, 2.24) is 19.8 Å². The summed E-state index contributed by atoms with van der Waals surface area (Å²) in [6, 6.07) is 16.2. The molecule has 2 aliphatic heterocycles. The average Bonchev–Trinajstić information content (AvgIpc) is 2.81. The summed E-state index contributed by atoms with van der Waals surface area (Å²) in [7, 11) is 0. The van der Waals surface area contributed by atoms with Gasteiger partial charge in [-0.05, 0) is 23.6 Å². The molecular formula is C25H24N4O3. The Balaban J connectivity index is 1.39. The molecule has 2 aromatic carbocycles. The fourth-order valence-electron chi connectivity index (χ4n) is 4.95. The van der Waals surface area contributed by atoms with E-state index >= 15 is 0 Å². The molecular weight excluding hydrogens is 404 g/mol. The number of rotatable bonds is 4. The van der Waals surface area contributed by atoms with Crippen molar-refractivity contribution < 1.29 is 14.7 Å². The monoisotopic (exact) mass is 428 g/mol. The van der Waals surface area contributed by atoms with Gasteiger partial charge < -0.3 is 14.9 Å². The maximum absolute atomic E-state index is 12.8. The zero-order valence-electron chi connectivity index (χ0n) is 17.8. The molecule has 7 heteroatoms. The van der Waals surface area contributed by atoms with Crippen LogP contribution in [0.1, 0.15) is 27.5 Å². The first-order valence-corrected chi connectivity index (χ1v) is 10.7. The molecule has 7 nitrogen and oxygen atoms in total. The summed E-state index contributed by atoms with van der Waals surface area (Å²) >= 11 is 0. The number of benzene rings is 2. The van der Waals surface area contributed by atoms with Crippen LogP contribution in [-0.4, -0.2) is 68.5 Å². The van der Waals surface area contributed by atoms with Crippen LogP contribution >= 0.6 is 0 Å². The maximum atomic E-state index is 12.8. The van der Waals surface area contributed by atoms with E-state index < -0.39 is 0 Å². The minimum absolute atomic E-state index is 0.0125. The van der Waals surface area contributed by atoms with Crippen LogP contribution in [0.5, 0.6) is 0 Å². The van der Waals surface area contributed by atoms with Crippen LogP contribution < -0.4 is 0 Å². The number of aliphatic hydroxyl groups is 1. The number of hydrogen-bond donors (Lipinski definition) is 1. The number of fused-ring (bicyclic) bond motifs is 1. The van der Waals surface area contributed by atoms with Crippen molar-refractivity contribution in [3.8, 4) is 11.1 Å². The quantitative estimate of drug-likeness (QED) is 0.689. The molecule has 5 rings (SSSR count). The number of piperazine rings is 1. The molecule has 2 amide bonds. The van der Waals surface area contributed by atoms with Crippen LogP contribution in [0, 0.1) is 6.92 Å². The summed E-state index contributed by atoms with van der Waals surface area (Å²) in [6.07, 6.45) is 4.39. The summed E-state index contributed by atoms with van der Waals surface area (Å²) in [4.78, 5) is 37.0. The number of nitrogens with zero attached hydrogens (tertiary/aromatic N) is 4. The Morgan fingerprint density at radius 2 is 1.94 bits per heavy atom. The van der Waals surface area contributed by atoms with Crippen molar-refractivity contribution in [2.45, 2.75) is 24.9 Å². The Labute approximate surface area is 186 Å². The number of aliphatic hydroxyl groups excluding tert-OH is 1. The molecule has 1 N–H and O–H groups in total. The molecule has 1 aromatic heterocycles. The lowest BCUT2D eigenvalue weighted by Gasteiger charge is -2.58. The minimum Gasteiger partial charge on any atom is -0.394 e. The molecule has 0 unspecified atom stereocenters. The predicted molar refractivity (Wildman–Crippen MR) is 119 cm³/mol. The Morgan fingerprint density at radius 1 is 1.12 bits per heavy atom. The molecule has 0 aliphatic carbocycles. The fourth-order valence-corrected chi connectivity index (χ4v) is 4.95. The summed E-state index contributed by atoms with van der Waals surface area (Å²) in [5, 5.41) is 10.00. The second-order valence-corrected chi connectivity index (χ2v) is 8.41. The summed E-state index contributed by atoms with van der Waals surface area (Å²) in [6.45, 7) is 2.36. The molecule has 0 spiro atoms. The zero-order valence-corrected chi connectivity index (χ0v) is 17.8. The van der Waals surface area contributed by atoms with E-state index in [-0.39, 0.29) is 48.7 Å². The second kappa shape index (κ2) is 8.16. The highest BCUT2D eigenvalue weighted by Gasteiger charge is 2.54. The standard InChI is InChI=1S/C25H24N4O3/c1-16-3-2-4-19(11-16)17-5-7-18(8-6-17)24-21-13-28(14-23(31)29(21)22(24)15-30)25(32)20-12-26-9-10-27-20/h2-12,21-22,24,30H,13-15H2,1H3/t21-,22+,24-/m1/s1. The molecule has 3 aromatic rings. The van der Waals surface area contributed by atoms with Crippen molar-refractivity contribution in [3.05, 3.63) is 83.9 Å². The largest absolute Gasteiger partial charge is 0.394 e. The van der Waals surface area contributed by atoms with Crippen molar-refractivity contribution in [3.63, 3.8) is 0 Å². The number of amides is 2. The van der Waals surface area contributed by atoms with Crippen LogP contribution in [-0.2, 0) is 4.79 Å². The van der Waals surface area contributed by atoms with E-state index in [1.807, 2.05) is 6.07 Å². The molecule has 162 valence electrons. The smallest absolute Gasteiger partial charge is 0.274 e. The van der Waals surface area contributed by atoms with Gasteiger partial charge in [0.25, 0.3) is 5.91 Å². The average molecular weight is 428 g/mol. The molecule has 0 radical (unpaired) electrons. The van der Waals surface area contributed by atoms with E-state index in [4.69, 9.17) is 0 Å². The van der Waals surface area contributed by atoms with Crippen LogP contribution in [0.15, 0.2) is 67.1 Å². The molecule has 0 saturated carbocycles. The van der Waals surface area contributed by atoms with Gasteiger partial charge in [0, 0.05) is 24.9 Å². The van der Waals surface area contributed by atoms with Gasteiger partial charge in [-0.2, -0.15) is 0 Å². The van der Waals surface area contributed by atoms with E-state index in [1.54, 1.807) is 4.90 Å². The summed E-state index contributed by atoms with van der Waals surface area (Å²) in [5.74, 6) is -0.481. The van der Waals surface area contributed by atoms with Gasteiger partial charge in [0.2, 0.25) is 5.91 Å². The van der Waals surface area contributed by atoms with E-state index in [0.29, 0.717) is 6.54 Å². The molecule has 3 atom stereocenters. The zero-order chi connectivity index (χ0) is 22.2. The summed E-state index contributed by atoms with van der Waals surface area (Å²) in [5.41, 5.74) is 4.76. The molecule has 32 heavy (non-hydrogen) atoms. The third-order valence-corrected chi connectivity index (χ3v) is 6.47. The lowest BCUT2D eigenvalue weighted by Crippen LogP contribution is -2.73. The third-order valence-electron chi connectivity index (χ3n) is 6.47. The first-order chi connectivity index (χ1) is 15.6. The number of carbonyl (C=O) groups excluding carboxylic acids is 2. The number of carbonyl (C=O) groups is 2. The lowest BCUT2D eigenvalue weighted by atomic mass is 9.73. The highest BCUT2D eigenvalue weighted by Crippen LogP contribution is 2.43. The van der Waals surface area contributed by atoms with Crippen molar-refractivity contribution in [1.29, 1.82) is 0 Å². The second-order valence-electron chi connectivity index (χ2n) is 8.41. The van der Waals surface area contributed by atoms with Crippen molar-refractivity contribution >= 4 is 11.8 Å². The van der Waals surface area contributed by atoms with Crippen LogP contribution in [0.3, 0.4) is 0 Å². The Kier molecular flexibility index (Phi) is 5.19. The Hall–Kier alpha value is -3.58. The predicted octanol–water partition coefficient (Wildman–Crippen LogP) is 2.26. The highest BCUT2D eigenvalue weighted by molar-refractivity contribution is 5.96. The molecule has 2 saturated heterocycles. The normalized spacial score (nSPS) is 22.3. The fraction of sp³-hybridized carbons (Fsp3) is 0.280. The maximum Gasteiger partial charge on any atom is 0.274 e. The van der Waals surface area contributed by atoms with Crippen LogP contribution in [0.4, 0.5) is 0 Å². The van der Waals surface area contributed by atoms with Crippen LogP contribution in [0.2, 0.25) is 0 Å². The number of hydrogen-bond acceptors (Lipinski definition) is 5. The SMILES string of the molecule is Cc1cccc(-c2ccc([C@@H]3[C@H]4CN(C(=O)c5cnccn5)CC(=O)N4[C@H]3CO)cc2)c1. The van der Waals surface area contributed by atoms with Crippen molar-refractivity contribution in [2.75, 3.05) is 19.7 Å². The van der Waals surface area contributed by atoms with Gasteiger partial charge in [0.05, 0.1) is 24.9 Å². The van der Waals surface area contributed by atoms with Gasteiger partial charge in [-0.1, -0.05) is 54.1 Å². The van der Waals surface area contributed by atoms with E-state index in [0.717, 1.165) is 16.7 Å². The highest BCUT2D eigenvalue weighted by atomic mass is 16.3. The number of aromatic nitrogens is 2. The molecule has 2 fully saturated rings. The van der Waals surface area contributed by atoms with Gasteiger partial charge >= 0.3 is 0 Å². The Morgan fingerprint density at radius 3 is 2.62 bits per heavy atom. The summed E-state index contributed by atoms with van der Waals surface area (Å²) < 4.78 is 0. The lowest BCUT2D eigenvalue weighted by molar-refractivity contribution is -0.159. The van der Waals surface area contributed by atoms with Crippen LogP contribution in [0.25, 0.3) is 11.1 Å². The molecule has 2 aliphatic rings. The Bertz CT molecular complexity index is 1150.